The van der Waals surface area contributed by atoms with Crippen LogP contribution in [0.1, 0.15) is 25.0 Å². The Morgan fingerprint density at radius 1 is 1.03 bits per heavy atom. The predicted molar refractivity (Wildman–Crippen MR) is 125 cm³/mol. The fourth-order valence-electron chi connectivity index (χ4n) is 2.64. The van der Waals surface area contributed by atoms with Crippen LogP contribution in [0.5, 0.6) is 0 Å². The molecule has 0 aliphatic carbocycles. The van der Waals surface area contributed by atoms with Crippen molar-refractivity contribution in [1.82, 2.24) is 21.3 Å². The molecule has 1 unspecified atom stereocenters. The number of amides is 4. The molecular formula is C24H30N4O5. The standard InChI is InChI=1S/C24H30N4O5/c1-5-8-19(9-6-2)23(32)27-15-21(30)28-17(4)22(31)26-14-20(29)24(33)25-13-18-11-7-10-16(3)12-18/h5-12,17H,1,13-15H2,2-4H3,(H,25,33)(H,26,31)(H,27,32)(H,28,30)/b9-6-,19-8+. The lowest BCUT2D eigenvalue weighted by Crippen LogP contribution is -2.49. The molecule has 4 N–H and O–H groups in total. The van der Waals surface area contributed by atoms with Gasteiger partial charge in [0.15, 0.2) is 0 Å². The summed E-state index contributed by atoms with van der Waals surface area (Å²) in [6.07, 6.45) is 6.19. The number of aryl methyl sites for hydroxylation is 1. The van der Waals surface area contributed by atoms with Gasteiger partial charge in [0, 0.05) is 12.1 Å². The lowest BCUT2D eigenvalue weighted by atomic mass is 10.1. The molecule has 0 radical (unpaired) electrons. The van der Waals surface area contributed by atoms with E-state index in [9.17, 15) is 24.0 Å². The van der Waals surface area contributed by atoms with E-state index in [1.807, 2.05) is 31.2 Å². The number of nitrogens with one attached hydrogen (secondary N) is 4. The van der Waals surface area contributed by atoms with E-state index in [4.69, 9.17) is 0 Å². The van der Waals surface area contributed by atoms with Crippen molar-refractivity contribution >= 4 is 29.4 Å². The Kier molecular flexibility index (Phi) is 11.6. The minimum Gasteiger partial charge on any atom is -0.347 e. The van der Waals surface area contributed by atoms with Crippen LogP contribution in [-0.4, -0.2) is 48.5 Å². The molecule has 4 amide bonds. The van der Waals surface area contributed by atoms with E-state index in [2.05, 4.69) is 27.8 Å². The topological polar surface area (TPSA) is 133 Å². The Morgan fingerprint density at radius 3 is 2.39 bits per heavy atom. The van der Waals surface area contributed by atoms with E-state index in [0.29, 0.717) is 5.57 Å². The van der Waals surface area contributed by atoms with Gasteiger partial charge in [0.05, 0.1) is 13.1 Å². The SMILES string of the molecule is C=C/C=C(\C=C/C)C(=O)NCC(=O)NC(C)C(=O)NCC(=O)C(=O)NCc1cccc(C)c1. The Balaban J connectivity index is 2.40. The Hall–Kier alpha value is -4.01. The highest BCUT2D eigenvalue weighted by molar-refractivity contribution is 6.37. The van der Waals surface area contributed by atoms with E-state index >= 15 is 0 Å². The fourth-order valence-corrected chi connectivity index (χ4v) is 2.64. The van der Waals surface area contributed by atoms with Gasteiger partial charge in [-0.1, -0.05) is 60.7 Å². The van der Waals surface area contributed by atoms with Crippen molar-refractivity contribution in [2.45, 2.75) is 33.4 Å². The maximum absolute atomic E-state index is 12.1. The van der Waals surface area contributed by atoms with Gasteiger partial charge >= 0.3 is 0 Å². The molecule has 9 heteroatoms. The van der Waals surface area contributed by atoms with Gasteiger partial charge in [-0.2, -0.15) is 0 Å². The highest BCUT2D eigenvalue weighted by Crippen LogP contribution is 2.03. The molecule has 0 spiro atoms. The van der Waals surface area contributed by atoms with Crippen LogP contribution in [0.3, 0.4) is 0 Å². The predicted octanol–water partition coefficient (Wildman–Crippen LogP) is 0.606. The molecule has 0 saturated carbocycles. The summed E-state index contributed by atoms with van der Waals surface area (Å²) >= 11 is 0. The molecule has 0 fully saturated rings. The van der Waals surface area contributed by atoms with Crippen LogP contribution in [0.15, 0.2) is 60.7 Å². The number of Topliss-reactive ketones (excluding diaryl/α,β-unsaturated/α-hetero) is 1. The maximum atomic E-state index is 12.1. The van der Waals surface area contributed by atoms with Crippen LogP contribution < -0.4 is 21.3 Å². The second-order valence-electron chi connectivity index (χ2n) is 7.14. The van der Waals surface area contributed by atoms with Crippen molar-refractivity contribution in [3.63, 3.8) is 0 Å². The second kappa shape index (κ2) is 14.1. The van der Waals surface area contributed by atoms with Crippen molar-refractivity contribution in [3.05, 3.63) is 71.8 Å². The first kappa shape index (κ1) is 27.0. The van der Waals surface area contributed by atoms with E-state index in [1.165, 1.54) is 19.1 Å². The number of carbonyl (C=O) groups excluding carboxylic acids is 5. The molecular weight excluding hydrogens is 424 g/mol. The summed E-state index contributed by atoms with van der Waals surface area (Å²) in [5.74, 6) is -3.34. The lowest BCUT2D eigenvalue weighted by Gasteiger charge is -2.14. The van der Waals surface area contributed by atoms with Crippen molar-refractivity contribution in [2.24, 2.45) is 0 Å². The molecule has 0 saturated heterocycles. The molecule has 1 aromatic carbocycles. The van der Waals surface area contributed by atoms with Crippen LogP contribution in [-0.2, 0) is 30.5 Å². The number of ketones is 1. The molecule has 33 heavy (non-hydrogen) atoms. The van der Waals surface area contributed by atoms with Gasteiger partial charge in [-0.25, -0.2) is 0 Å². The Labute approximate surface area is 193 Å². The lowest BCUT2D eigenvalue weighted by molar-refractivity contribution is -0.138. The largest absolute Gasteiger partial charge is 0.347 e. The van der Waals surface area contributed by atoms with Gasteiger partial charge in [-0.15, -0.1) is 0 Å². The quantitative estimate of drug-likeness (QED) is 0.209. The average molecular weight is 455 g/mol. The molecule has 0 heterocycles. The molecule has 0 aliphatic heterocycles. The van der Waals surface area contributed by atoms with Crippen LogP contribution in [0, 0.1) is 6.92 Å². The zero-order valence-corrected chi connectivity index (χ0v) is 19.1. The molecule has 1 rings (SSSR count). The third kappa shape index (κ3) is 10.2. The molecule has 176 valence electrons. The number of allylic oxidation sites excluding steroid dienone is 3. The number of hydrogen-bond donors (Lipinski definition) is 4. The first-order valence-corrected chi connectivity index (χ1v) is 10.3. The first-order chi connectivity index (χ1) is 15.7. The van der Waals surface area contributed by atoms with Gasteiger partial charge in [-0.3, -0.25) is 24.0 Å². The van der Waals surface area contributed by atoms with Crippen LogP contribution in [0.4, 0.5) is 0 Å². The van der Waals surface area contributed by atoms with Crippen molar-refractivity contribution in [1.29, 1.82) is 0 Å². The van der Waals surface area contributed by atoms with Crippen LogP contribution in [0.25, 0.3) is 0 Å². The minimum atomic E-state index is -0.976. The molecule has 9 nitrogen and oxygen atoms in total. The van der Waals surface area contributed by atoms with E-state index < -0.39 is 42.0 Å². The number of carbonyl (C=O) groups is 5. The summed E-state index contributed by atoms with van der Waals surface area (Å²) in [6.45, 7) is 7.94. The van der Waals surface area contributed by atoms with Crippen LogP contribution >= 0.6 is 0 Å². The fraction of sp³-hybridized carbons (Fsp3) is 0.292. The number of hydrogen-bond acceptors (Lipinski definition) is 5. The van der Waals surface area contributed by atoms with Crippen molar-refractivity contribution in [2.75, 3.05) is 13.1 Å². The molecule has 0 bridgehead atoms. The summed E-state index contributed by atoms with van der Waals surface area (Å²) < 4.78 is 0. The van der Waals surface area contributed by atoms with Crippen molar-refractivity contribution < 1.29 is 24.0 Å². The molecule has 1 aromatic rings. The highest BCUT2D eigenvalue weighted by atomic mass is 16.2. The van der Waals surface area contributed by atoms with Gasteiger partial charge < -0.3 is 21.3 Å². The van der Waals surface area contributed by atoms with Gasteiger partial charge in [0.2, 0.25) is 17.6 Å². The Morgan fingerprint density at radius 2 is 1.76 bits per heavy atom. The molecule has 0 aromatic heterocycles. The van der Waals surface area contributed by atoms with Gasteiger partial charge in [0.1, 0.15) is 6.04 Å². The zero-order chi connectivity index (χ0) is 24.8. The summed E-state index contributed by atoms with van der Waals surface area (Å²) in [5.41, 5.74) is 2.20. The summed E-state index contributed by atoms with van der Waals surface area (Å²) in [6, 6.07) is 6.50. The van der Waals surface area contributed by atoms with Crippen LogP contribution in [0.2, 0.25) is 0 Å². The third-order valence-corrected chi connectivity index (χ3v) is 4.30. The molecule has 1 atom stereocenters. The van der Waals surface area contributed by atoms with Gasteiger partial charge in [0.25, 0.3) is 11.8 Å². The average Bonchev–Trinajstić information content (AvgIpc) is 2.78. The molecule has 0 aliphatic rings. The summed E-state index contributed by atoms with van der Waals surface area (Å²) in [4.78, 5) is 60.0. The second-order valence-corrected chi connectivity index (χ2v) is 7.14. The summed E-state index contributed by atoms with van der Waals surface area (Å²) in [5, 5.41) is 9.66. The number of benzene rings is 1. The van der Waals surface area contributed by atoms with E-state index in [0.717, 1.165) is 11.1 Å². The van der Waals surface area contributed by atoms with Crippen molar-refractivity contribution in [3.8, 4) is 0 Å². The van der Waals surface area contributed by atoms with E-state index in [-0.39, 0.29) is 13.1 Å². The van der Waals surface area contributed by atoms with E-state index in [1.54, 1.807) is 19.1 Å². The smallest absolute Gasteiger partial charge is 0.289 e. The first-order valence-electron chi connectivity index (χ1n) is 10.3. The minimum absolute atomic E-state index is 0.191. The Bertz CT molecular complexity index is 965. The normalized spacial score (nSPS) is 11.9. The third-order valence-electron chi connectivity index (χ3n) is 4.30. The number of rotatable bonds is 12. The van der Waals surface area contributed by atoms with Gasteiger partial charge in [-0.05, 0) is 26.3 Å². The zero-order valence-electron chi connectivity index (χ0n) is 19.1. The monoisotopic (exact) mass is 454 g/mol. The highest BCUT2D eigenvalue weighted by Gasteiger charge is 2.19. The maximum Gasteiger partial charge on any atom is 0.289 e. The summed E-state index contributed by atoms with van der Waals surface area (Å²) in [7, 11) is 0.